The topological polar surface area (TPSA) is 46.5 Å². The Kier molecular flexibility index (Phi) is 5.40. The van der Waals surface area contributed by atoms with Gasteiger partial charge in [-0.15, -0.1) is 0 Å². The van der Waals surface area contributed by atoms with Crippen molar-refractivity contribution in [3.63, 3.8) is 0 Å². The first-order valence-electron chi connectivity index (χ1n) is 3.70. The van der Waals surface area contributed by atoms with Crippen molar-refractivity contribution in [1.29, 1.82) is 0 Å². The molecule has 0 bridgehead atoms. The van der Waals surface area contributed by atoms with Crippen LogP contribution in [0.3, 0.4) is 0 Å². The van der Waals surface area contributed by atoms with E-state index in [1.54, 1.807) is 19.1 Å². The minimum Gasteiger partial charge on any atom is -0.507 e. The first-order valence-corrected chi connectivity index (χ1v) is 3.70. The molecule has 0 fully saturated rings. The van der Waals surface area contributed by atoms with Gasteiger partial charge in [0.2, 0.25) is 0 Å². The molecule has 1 aromatic carbocycles. The van der Waals surface area contributed by atoms with E-state index in [4.69, 9.17) is 4.74 Å². The molecule has 0 aromatic heterocycles. The molecule has 0 aliphatic heterocycles. The zero-order valence-corrected chi connectivity index (χ0v) is 9.20. The Labute approximate surface area is 91.0 Å². The van der Waals surface area contributed by atoms with E-state index >= 15 is 0 Å². The molecule has 0 saturated heterocycles. The van der Waals surface area contributed by atoms with Gasteiger partial charge in [-0.25, -0.2) is 4.79 Å². The molecule has 13 heavy (non-hydrogen) atoms. The van der Waals surface area contributed by atoms with Crippen LogP contribution in [0.2, 0.25) is 0 Å². The molecule has 1 N–H and O–H groups in total. The number of hydrogen-bond donors (Lipinski definition) is 1. The van der Waals surface area contributed by atoms with Crippen LogP contribution >= 0.6 is 0 Å². The second-order valence-corrected chi connectivity index (χ2v) is 2.24. The average molecular weight is 262 g/mol. The number of para-hydroxylation sites is 1. The molecule has 1 aromatic rings. The van der Waals surface area contributed by atoms with Gasteiger partial charge < -0.3 is 9.84 Å². The Morgan fingerprint density at radius 2 is 2.08 bits per heavy atom. The summed E-state index contributed by atoms with van der Waals surface area (Å²) in [5.41, 5.74) is 0.208. The van der Waals surface area contributed by atoms with Crippen molar-refractivity contribution in [3.8, 4) is 5.75 Å². The molecule has 0 radical (unpaired) electrons. The molecule has 0 aliphatic carbocycles. The predicted octanol–water partition coefficient (Wildman–Crippen LogP) is 1.57. The minimum atomic E-state index is -0.490. The maximum Gasteiger partial charge on any atom is 0.341 e. The zero-order chi connectivity index (χ0) is 8.97. The van der Waals surface area contributed by atoms with Crippen LogP contribution in [-0.4, -0.2) is 17.7 Å². The largest absolute Gasteiger partial charge is 0.507 e. The first-order chi connectivity index (χ1) is 5.75. The van der Waals surface area contributed by atoms with E-state index in [-0.39, 0.29) is 32.4 Å². The number of esters is 1. The molecule has 0 heterocycles. The molecule has 0 atom stereocenters. The van der Waals surface area contributed by atoms with Crippen LogP contribution in [0.5, 0.6) is 5.75 Å². The molecular formula is C9H10MoO3. The third-order valence-corrected chi connectivity index (χ3v) is 1.40. The number of phenolic OH excluding ortho intramolecular Hbond substituents is 1. The minimum absolute atomic E-state index is 0. The second kappa shape index (κ2) is 5.76. The van der Waals surface area contributed by atoms with Crippen molar-refractivity contribution in [1.82, 2.24) is 0 Å². The van der Waals surface area contributed by atoms with Gasteiger partial charge in [0.15, 0.2) is 0 Å². The van der Waals surface area contributed by atoms with Crippen LogP contribution in [-0.2, 0) is 25.8 Å². The van der Waals surface area contributed by atoms with Crippen LogP contribution in [0.25, 0.3) is 0 Å². The van der Waals surface area contributed by atoms with Gasteiger partial charge in [-0.2, -0.15) is 0 Å². The van der Waals surface area contributed by atoms with E-state index in [0.29, 0.717) is 6.61 Å². The van der Waals surface area contributed by atoms with E-state index in [0.717, 1.165) is 0 Å². The maximum absolute atomic E-state index is 11.1. The van der Waals surface area contributed by atoms with Crippen LogP contribution < -0.4 is 0 Å². The fourth-order valence-electron chi connectivity index (χ4n) is 0.855. The standard InChI is InChI=1S/C9H10O3.Mo/c1-2-12-9(11)7-5-3-4-6-8(7)10;/h3-6,10H,2H2,1H3;. The van der Waals surface area contributed by atoms with Crippen molar-refractivity contribution in [2.24, 2.45) is 0 Å². The second-order valence-electron chi connectivity index (χ2n) is 2.24. The van der Waals surface area contributed by atoms with Crippen LogP contribution in [0.1, 0.15) is 17.3 Å². The van der Waals surface area contributed by atoms with Crippen LogP contribution in [0.15, 0.2) is 24.3 Å². The summed E-state index contributed by atoms with van der Waals surface area (Å²) in [7, 11) is 0. The average Bonchev–Trinajstić information content (AvgIpc) is 2.05. The van der Waals surface area contributed by atoms with Gasteiger partial charge in [-0.05, 0) is 19.1 Å². The molecular weight excluding hydrogens is 252 g/mol. The Hall–Kier alpha value is -0.822. The summed E-state index contributed by atoms with van der Waals surface area (Å²) in [6.07, 6.45) is 0. The van der Waals surface area contributed by atoms with Gasteiger partial charge in [-0.3, -0.25) is 0 Å². The van der Waals surface area contributed by atoms with Crippen LogP contribution in [0, 0.1) is 0 Å². The Bertz CT molecular complexity index is 286. The summed E-state index contributed by atoms with van der Waals surface area (Å²) in [6.45, 7) is 2.03. The number of aromatic hydroxyl groups is 1. The number of ether oxygens (including phenoxy) is 1. The summed E-state index contributed by atoms with van der Waals surface area (Å²) >= 11 is 0. The molecule has 70 valence electrons. The van der Waals surface area contributed by atoms with Gasteiger partial charge >= 0.3 is 5.97 Å². The SMILES string of the molecule is CCOC(=O)c1ccccc1O.[Mo]. The van der Waals surface area contributed by atoms with Gasteiger partial charge in [0.1, 0.15) is 11.3 Å². The van der Waals surface area contributed by atoms with E-state index in [1.165, 1.54) is 12.1 Å². The molecule has 0 amide bonds. The predicted molar refractivity (Wildman–Crippen MR) is 44.1 cm³/mol. The quantitative estimate of drug-likeness (QED) is 0.650. The molecule has 0 saturated carbocycles. The van der Waals surface area contributed by atoms with Crippen molar-refractivity contribution in [2.45, 2.75) is 6.92 Å². The molecule has 0 aliphatic rings. The van der Waals surface area contributed by atoms with Crippen LogP contribution in [0.4, 0.5) is 0 Å². The van der Waals surface area contributed by atoms with E-state index in [1.807, 2.05) is 0 Å². The first kappa shape index (κ1) is 12.2. The Morgan fingerprint density at radius 3 is 2.62 bits per heavy atom. The number of benzene rings is 1. The monoisotopic (exact) mass is 264 g/mol. The number of rotatable bonds is 2. The fraction of sp³-hybridized carbons (Fsp3) is 0.222. The maximum atomic E-state index is 11.1. The third kappa shape index (κ3) is 3.19. The molecule has 3 nitrogen and oxygen atoms in total. The van der Waals surface area contributed by atoms with Gasteiger partial charge in [-0.1, -0.05) is 12.1 Å². The van der Waals surface area contributed by atoms with E-state index < -0.39 is 5.97 Å². The summed E-state index contributed by atoms with van der Waals surface area (Å²) in [5.74, 6) is -0.536. The smallest absolute Gasteiger partial charge is 0.341 e. The molecule has 1 rings (SSSR count). The summed E-state index contributed by atoms with van der Waals surface area (Å²) < 4.78 is 4.71. The van der Waals surface area contributed by atoms with Gasteiger partial charge in [0.05, 0.1) is 6.61 Å². The number of carbonyl (C=O) groups is 1. The van der Waals surface area contributed by atoms with E-state index in [9.17, 15) is 9.90 Å². The Morgan fingerprint density at radius 1 is 1.46 bits per heavy atom. The number of phenols is 1. The molecule has 0 unspecified atom stereocenters. The fourth-order valence-corrected chi connectivity index (χ4v) is 0.855. The van der Waals surface area contributed by atoms with Crippen molar-refractivity contribution in [3.05, 3.63) is 29.8 Å². The number of carbonyl (C=O) groups excluding carboxylic acids is 1. The number of hydrogen-bond acceptors (Lipinski definition) is 3. The van der Waals surface area contributed by atoms with Crippen molar-refractivity contribution in [2.75, 3.05) is 6.61 Å². The summed E-state index contributed by atoms with van der Waals surface area (Å²) in [4.78, 5) is 11.1. The summed E-state index contributed by atoms with van der Waals surface area (Å²) in [5, 5.41) is 9.21. The third-order valence-electron chi connectivity index (χ3n) is 1.40. The van der Waals surface area contributed by atoms with Crippen molar-refractivity contribution < 1.29 is 35.7 Å². The Balaban J connectivity index is 0.00000144. The molecule has 0 spiro atoms. The summed E-state index contributed by atoms with van der Waals surface area (Å²) in [6, 6.07) is 6.30. The van der Waals surface area contributed by atoms with Gasteiger partial charge in [0, 0.05) is 21.1 Å². The zero-order valence-electron chi connectivity index (χ0n) is 7.19. The van der Waals surface area contributed by atoms with E-state index in [2.05, 4.69) is 0 Å². The van der Waals surface area contributed by atoms with Crippen molar-refractivity contribution >= 4 is 5.97 Å². The molecule has 4 heteroatoms. The van der Waals surface area contributed by atoms with Gasteiger partial charge in [0.25, 0.3) is 0 Å². The normalized spacial score (nSPS) is 8.69.